The normalized spacial score (nSPS) is 12.7. The van der Waals surface area contributed by atoms with Crippen LogP contribution in [-0.2, 0) is 27.2 Å². The van der Waals surface area contributed by atoms with Gasteiger partial charge in [0.05, 0.1) is 0 Å². The van der Waals surface area contributed by atoms with E-state index in [4.69, 9.17) is 0 Å². The van der Waals surface area contributed by atoms with E-state index in [1.807, 2.05) is 32.0 Å². The Morgan fingerprint density at radius 3 is 2.03 bits per heavy atom. The van der Waals surface area contributed by atoms with Crippen molar-refractivity contribution in [3.8, 4) is 0 Å². The lowest BCUT2D eigenvalue weighted by Crippen LogP contribution is -2.52. The Morgan fingerprint density at radius 2 is 1.52 bits per heavy atom. The summed E-state index contributed by atoms with van der Waals surface area (Å²) in [5.41, 5.74) is 3.38. The van der Waals surface area contributed by atoms with Crippen LogP contribution < -0.4 is 10.6 Å². The number of aryl methyl sites for hydroxylation is 2. The molecule has 0 saturated heterocycles. The number of halogens is 1. The molecule has 0 bridgehead atoms. The fourth-order valence-electron chi connectivity index (χ4n) is 3.16. The fourth-order valence-corrected chi connectivity index (χ4v) is 3.16. The minimum absolute atomic E-state index is 0.113. The van der Waals surface area contributed by atoms with Crippen molar-refractivity contribution < 1.29 is 23.9 Å². The molecule has 2 aromatic rings. The van der Waals surface area contributed by atoms with Crippen molar-refractivity contribution in [3.63, 3.8) is 0 Å². The van der Waals surface area contributed by atoms with E-state index in [0.717, 1.165) is 16.7 Å². The third kappa shape index (κ3) is 6.41. The molecule has 3 N–H and O–H groups in total. The first-order chi connectivity index (χ1) is 13.7. The SMILES string of the molecule is CC(=O)N[C@@H](Cc1ccc(F)cc1)C(=O)N[C@@H](Cc1c(C)cccc1C)C(=O)O. The second-order valence-electron chi connectivity index (χ2n) is 7.06. The molecule has 2 atom stereocenters. The highest BCUT2D eigenvalue weighted by Crippen LogP contribution is 2.16. The third-order valence-corrected chi connectivity index (χ3v) is 4.71. The molecule has 0 fully saturated rings. The van der Waals surface area contributed by atoms with E-state index in [-0.39, 0.29) is 12.8 Å². The number of hydrogen-bond donors (Lipinski definition) is 3. The second-order valence-corrected chi connectivity index (χ2v) is 7.06. The standard InChI is InChI=1S/C22H25FN2O4/c1-13-5-4-6-14(2)18(13)12-20(22(28)29)25-21(27)19(24-15(3)26)11-16-7-9-17(23)10-8-16/h4-10,19-20H,11-12H2,1-3H3,(H,24,26)(H,25,27)(H,28,29)/t19-,20-/m0/s1. The maximum atomic E-state index is 13.1. The molecule has 0 aliphatic carbocycles. The van der Waals surface area contributed by atoms with Gasteiger partial charge in [0.1, 0.15) is 17.9 Å². The molecule has 0 saturated carbocycles. The summed E-state index contributed by atoms with van der Waals surface area (Å²) in [5, 5.41) is 14.7. The summed E-state index contributed by atoms with van der Waals surface area (Å²) < 4.78 is 13.1. The van der Waals surface area contributed by atoms with Gasteiger partial charge in [0.2, 0.25) is 11.8 Å². The number of carbonyl (C=O) groups excluding carboxylic acids is 2. The van der Waals surface area contributed by atoms with Crippen LogP contribution in [0, 0.1) is 19.7 Å². The molecular weight excluding hydrogens is 375 g/mol. The predicted octanol–water partition coefficient (Wildman–Crippen LogP) is 2.30. The zero-order valence-corrected chi connectivity index (χ0v) is 16.7. The van der Waals surface area contributed by atoms with Gasteiger partial charge in [-0.25, -0.2) is 9.18 Å². The molecule has 154 valence electrons. The van der Waals surface area contributed by atoms with Gasteiger partial charge in [0, 0.05) is 19.8 Å². The lowest BCUT2D eigenvalue weighted by atomic mass is 9.96. The topological polar surface area (TPSA) is 95.5 Å². The van der Waals surface area contributed by atoms with Gasteiger partial charge in [-0.15, -0.1) is 0 Å². The summed E-state index contributed by atoms with van der Waals surface area (Å²) in [5.74, 6) is -2.60. The van der Waals surface area contributed by atoms with Crippen molar-refractivity contribution in [2.24, 2.45) is 0 Å². The quantitative estimate of drug-likeness (QED) is 0.634. The van der Waals surface area contributed by atoms with Crippen LogP contribution in [0.15, 0.2) is 42.5 Å². The maximum absolute atomic E-state index is 13.1. The molecule has 0 aromatic heterocycles. The van der Waals surface area contributed by atoms with Crippen LogP contribution in [0.3, 0.4) is 0 Å². The first-order valence-corrected chi connectivity index (χ1v) is 9.27. The number of rotatable bonds is 8. The van der Waals surface area contributed by atoms with Gasteiger partial charge in [-0.3, -0.25) is 9.59 Å². The Hall–Kier alpha value is -3.22. The average molecular weight is 400 g/mol. The number of carboxylic acids is 1. The molecule has 0 radical (unpaired) electrons. The molecule has 2 amide bonds. The van der Waals surface area contributed by atoms with Crippen LogP contribution in [0.1, 0.15) is 29.2 Å². The van der Waals surface area contributed by atoms with E-state index in [1.54, 1.807) is 0 Å². The predicted molar refractivity (Wildman–Crippen MR) is 107 cm³/mol. The molecule has 2 aromatic carbocycles. The van der Waals surface area contributed by atoms with Crippen molar-refractivity contribution in [1.82, 2.24) is 10.6 Å². The lowest BCUT2D eigenvalue weighted by Gasteiger charge is -2.22. The number of amides is 2. The number of hydrogen-bond acceptors (Lipinski definition) is 3. The van der Waals surface area contributed by atoms with Crippen LogP contribution in [0.2, 0.25) is 0 Å². The van der Waals surface area contributed by atoms with Gasteiger partial charge in [-0.1, -0.05) is 30.3 Å². The van der Waals surface area contributed by atoms with E-state index in [0.29, 0.717) is 5.56 Å². The first kappa shape index (κ1) is 22.1. The molecule has 0 aliphatic rings. The minimum atomic E-state index is -1.16. The number of aliphatic carboxylic acids is 1. The molecule has 0 unspecified atom stereocenters. The largest absolute Gasteiger partial charge is 0.480 e. The van der Waals surface area contributed by atoms with Crippen LogP contribution in [0.4, 0.5) is 4.39 Å². The molecular formula is C22H25FN2O4. The van der Waals surface area contributed by atoms with Crippen molar-refractivity contribution in [1.29, 1.82) is 0 Å². The molecule has 6 nitrogen and oxygen atoms in total. The first-order valence-electron chi connectivity index (χ1n) is 9.27. The number of carbonyl (C=O) groups is 3. The van der Waals surface area contributed by atoms with Crippen molar-refractivity contribution in [2.75, 3.05) is 0 Å². The minimum Gasteiger partial charge on any atom is -0.480 e. The molecule has 29 heavy (non-hydrogen) atoms. The highest BCUT2D eigenvalue weighted by atomic mass is 19.1. The molecule has 7 heteroatoms. The summed E-state index contributed by atoms with van der Waals surface area (Å²) in [4.78, 5) is 36.1. The van der Waals surface area contributed by atoms with Gasteiger partial charge < -0.3 is 15.7 Å². The van der Waals surface area contributed by atoms with Gasteiger partial charge in [0.25, 0.3) is 0 Å². The second kappa shape index (κ2) is 9.82. The van der Waals surface area contributed by atoms with Crippen LogP contribution in [0.5, 0.6) is 0 Å². The maximum Gasteiger partial charge on any atom is 0.326 e. The van der Waals surface area contributed by atoms with E-state index in [9.17, 15) is 23.9 Å². The monoisotopic (exact) mass is 400 g/mol. The third-order valence-electron chi connectivity index (χ3n) is 4.71. The van der Waals surface area contributed by atoms with E-state index in [2.05, 4.69) is 10.6 Å². The van der Waals surface area contributed by atoms with E-state index >= 15 is 0 Å². The van der Waals surface area contributed by atoms with Crippen LogP contribution in [0.25, 0.3) is 0 Å². The lowest BCUT2D eigenvalue weighted by molar-refractivity contribution is -0.142. The van der Waals surface area contributed by atoms with E-state index < -0.39 is 35.7 Å². The fraction of sp³-hybridized carbons (Fsp3) is 0.318. The highest BCUT2D eigenvalue weighted by molar-refractivity contribution is 5.90. The zero-order valence-electron chi connectivity index (χ0n) is 16.7. The van der Waals surface area contributed by atoms with Gasteiger partial charge in [0.15, 0.2) is 0 Å². The van der Waals surface area contributed by atoms with Crippen molar-refractivity contribution in [2.45, 2.75) is 45.7 Å². The van der Waals surface area contributed by atoms with Gasteiger partial charge in [-0.2, -0.15) is 0 Å². The van der Waals surface area contributed by atoms with Crippen LogP contribution >= 0.6 is 0 Å². The Morgan fingerprint density at radius 1 is 0.931 bits per heavy atom. The summed E-state index contributed by atoms with van der Waals surface area (Å²) in [7, 11) is 0. The van der Waals surface area contributed by atoms with Gasteiger partial charge >= 0.3 is 5.97 Å². The van der Waals surface area contributed by atoms with Crippen LogP contribution in [-0.4, -0.2) is 35.0 Å². The zero-order chi connectivity index (χ0) is 21.6. The Labute approximate surface area is 169 Å². The number of benzene rings is 2. The summed E-state index contributed by atoms with van der Waals surface area (Å²) in [6.45, 7) is 5.05. The number of nitrogens with one attached hydrogen (secondary N) is 2. The molecule has 2 rings (SSSR count). The van der Waals surface area contributed by atoms with E-state index in [1.165, 1.54) is 31.2 Å². The Balaban J connectivity index is 2.18. The molecule has 0 heterocycles. The van der Waals surface area contributed by atoms with Crippen molar-refractivity contribution >= 4 is 17.8 Å². The summed E-state index contributed by atoms with van der Waals surface area (Å²) in [6.07, 6.45) is 0.240. The average Bonchev–Trinajstić information content (AvgIpc) is 2.64. The molecule has 0 spiro atoms. The smallest absolute Gasteiger partial charge is 0.326 e. The van der Waals surface area contributed by atoms with Gasteiger partial charge in [-0.05, 0) is 48.2 Å². The summed E-state index contributed by atoms with van der Waals surface area (Å²) >= 11 is 0. The van der Waals surface area contributed by atoms with Crippen molar-refractivity contribution in [3.05, 3.63) is 70.5 Å². The number of carboxylic acid groups (broad SMARTS) is 1. The summed E-state index contributed by atoms with van der Waals surface area (Å²) in [6, 6.07) is 9.10. The molecule has 0 aliphatic heterocycles. The Kier molecular flexibility index (Phi) is 7.47. The highest BCUT2D eigenvalue weighted by Gasteiger charge is 2.27. The Bertz CT molecular complexity index is 876.